The quantitative estimate of drug-likeness (QED) is 0.514. The lowest BCUT2D eigenvalue weighted by Crippen LogP contribution is -2.30. The van der Waals surface area contributed by atoms with Crippen molar-refractivity contribution in [2.45, 2.75) is 6.54 Å². The molecule has 134 valence electrons. The molecule has 0 atom stereocenters. The van der Waals surface area contributed by atoms with Crippen LogP contribution in [0.2, 0.25) is 0 Å². The van der Waals surface area contributed by atoms with Crippen molar-refractivity contribution in [2.24, 2.45) is 0 Å². The van der Waals surface area contributed by atoms with Crippen LogP contribution in [0, 0.1) is 0 Å². The Hall–Kier alpha value is -3.25. The number of thiazole rings is 1. The van der Waals surface area contributed by atoms with Crippen molar-refractivity contribution < 1.29 is 9.53 Å². The smallest absolute Gasteiger partial charge is 0.260 e. The normalized spacial score (nSPS) is 10.7. The van der Waals surface area contributed by atoms with Gasteiger partial charge in [0.15, 0.2) is 5.13 Å². The first-order valence-electron chi connectivity index (χ1n) is 8.46. The molecule has 0 unspecified atom stereocenters. The van der Waals surface area contributed by atoms with Crippen LogP contribution in [-0.4, -0.2) is 23.0 Å². The van der Waals surface area contributed by atoms with Gasteiger partial charge in [-0.15, -0.1) is 0 Å². The second-order valence-electron chi connectivity index (χ2n) is 5.91. The van der Waals surface area contributed by atoms with Crippen molar-refractivity contribution in [3.05, 3.63) is 84.2 Å². The Morgan fingerprint density at radius 2 is 1.93 bits per heavy atom. The van der Waals surface area contributed by atoms with Crippen LogP contribution >= 0.6 is 11.3 Å². The highest BCUT2D eigenvalue weighted by molar-refractivity contribution is 7.22. The highest BCUT2D eigenvalue weighted by Crippen LogP contribution is 2.30. The number of nitrogens with zero attached hydrogens (tertiary/aromatic N) is 3. The maximum absolute atomic E-state index is 13.3. The molecule has 0 N–H and O–H groups in total. The molecule has 0 spiro atoms. The summed E-state index contributed by atoms with van der Waals surface area (Å²) in [7, 11) is 1.59. The molecule has 4 rings (SSSR count). The van der Waals surface area contributed by atoms with E-state index in [1.54, 1.807) is 30.3 Å². The highest BCUT2D eigenvalue weighted by atomic mass is 32.1. The van der Waals surface area contributed by atoms with Crippen LogP contribution in [0.4, 0.5) is 5.13 Å². The van der Waals surface area contributed by atoms with Crippen molar-refractivity contribution in [1.82, 2.24) is 9.97 Å². The number of hydrogen-bond acceptors (Lipinski definition) is 5. The molecule has 4 aromatic rings. The van der Waals surface area contributed by atoms with E-state index in [0.717, 1.165) is 15.9 Å². The van der Waals surface area contributed by atoms with Crippen molar-refractivity contribution in [2.75, 3.05) is 12.0 Å². The lowest BCUT2D eigenvalue weighted by molar-refractivity contribution is 0.0984. The third kappa shape index (κ3) is 3.66. The second kappa shape index (κ2) is 7.55. The first-order valence-corrected chi connectivity index (χ1v) is 9.27. The number of hydrogen-bond donors (Lipinski definition) is 0. The fraction of sp³-hybridized carbons (Fsp3) is 0.0952. The Labute approximate surface area is 160 Å². The zero-order chi connectivity index (χ0) is 18.6. The predicted molar refractivity (Wildman–Crippen MR) is 107 cm³/mol. The van der Waals surface area contributed by atoms with Crippen LogP contribution < -0.4 is 9.64 Å². The van der Waals surface area contributed by atoms with Gasteiger partial charge in [0, 0.05) is 11.8 Å². The molecular weight excluding hydrogens is 358 g/mol. The largest absolute Gasteiger partial charge is 0.497 e. The number of aromatic nitrogens is 2. The van der Waals surface area contributed by atoms with Gasteiger partial charge in [-0.2, -0.15) is 0 Å². The predicted octanol–water partition coefficient (Wildman–Crippen LogP) is 4.55. The number of rotatable bonds is 5. The standard InChI is InChI=1S/C21H17N3O2S/c1-26-17-9-6-7-15(13-17)20(25)24(14-16-8-4-5-12-22-16)21-23-18-10-2-3-11-19(18)27-21/h2-13H,14H2,1H3. The molecule has 0 bridgehead atoms. The van der Waals surface area contributed by atoms with Gasteiger partial charge in [0.1, 0.15) is 5.75 Å². The minimum atomic E-state index is -0.140. The minimum Gasteiger partial charge on any atom is -0.497 e. The molecule has 0 radical (unpaired) electrons. The maximum atomic E-state index is 13.3. The zero-order valence-corrected chi connectivity index (χ0v) is 15.5. The number of methoxy groups -OCH3 is 1. The molecule has 2 aromatic heterocycles. The molecule has 5 nitrogen and oxygen atoms in total. The van der Waals surface area contributed by atoms with Gasteiger partial charge in [-0.3, -0.25) is 14.7 Å². The molecular formula is C21H17N3O2S. The van der Waals surface area contributed by atoms with E-state index in [2.05, 4.69) is 9.97 Å². The van der Waals surface area contributed by atoms with Gasteiger partial charge in [-0.05, 0) is 42.5 Å². The van der Waals surface area contributed by atoms with E-state index in [-0.39, 0.29) is 5.91 Å². The summed E-state index contributed by atoms with van der Waals surface area (Å²) in [5.41, 5.74) is 2.22. The summed E-state index contributed by atoms with van der Waals surface area (Å²) < 4.78 is 6.30. The molecule has 0 fully saturated rings. The Morgan fingerprint density at radius 3 is 2.70 bits per heavy atom. The molecule has 1 amide bonds. The van der Waals surface area contributed by atoms with Crippen molar-refractivity contribution in [1.29, 1.82) is 0 Å². The van der Waals surface area contributed by atoms with E-state index in [9.17, 15) is 4.79 Å². The van der Waals surface area contributed by atoms with Crippen LogP contribution in [0.1, 0.15) is 16.1 Å². The van der Waals surface area contributed by atoms with E-state index in [1.807, 2.05) is 54.6 Å². The number of ether oxygens (including phenoxy) is 1. The molecule has 0 aliphatic rings. The van der Waals surface area contributed by atoms with Crippen LogP contribution in [-0.2, 0) is 6.54 Å². The monoisotopic (exact) mass is 375 g/mol. The average Bonchev–Trinajstić information content (AvgIpc) is 3.16. The van der Waals surface area contributed by atoms with Crippen LogP contribution in [0.15, 0.2) is 72.9 Å². The van der Waals surface area contributed by atoms with Crippen LogP contribution in [0.25, 0.3) is 10.2 Å². The fourth-order valence-corrected chi connectivity index (χ4v) is 3.73. The lowest BCUT2D eigenvalue weighted by atomic mass is 10.2. The van der Waals surface area contributed by atoms with Crippen LogP contribution in [0.5, 0.6) is 5.75 Å². The van der Waals surface area contributed by atoms with Gasteiger partial charge >= 0.3 is 0 Å². The number of fused-ring (bicyclic) bond motifs is 1. The number of pyridine rings is 1. The van der Waals surface area contributed by atoms with Gasteiger partial charge in [-0.1, -0.05) is 35.6 Å². The number of benzene rings is 2. The maximum Gasteiger partial charge on any atom is 0.260 e. The molecule has 2 aromatic carbocycles. The van der Waals surface area contributed by atoms with E-state index in [0.29, 0.717) is 23.0 Å². The van der Waals surface area contributed by atoms with E-state index >= 15 is 0 Å². The van der Waals surface area contributed by atoms with Gasteiger partial charge in [0.2, 0.25) is 0 Å². The topological polar surface area (TPSA) is 55.3 Å². The first-order chi connectivity index (χ1) is 13.2. The third-order valence-electron chi connectivity index (χ3n) is 4.12. The number of anilines is 1. The summed E-state index contributed by atoms with van der Waals surface area (Å²) in [4.78, 5) is 24.0. The summed E-state index contributed by atoms with van der Waals surface area (Å²) in [5.74, 6) is 0.501. The Morgan fingerprint density at radius 1 is 1.07 bits per heavy atom. The van der Waals surface area contributed by atoms with Gasteiger partial charge in [0.05, 0.1) is 29.6 Å². The zero-order valence-electron chi connectivity index (χ0n) is 14.7. The summed E-state index contributed by atoms with van der Waals surface area (Å²) in [5, 5.41) is 0.648. The Balaban J connectivity index is 1.76. The SMILES string of the molecule is COc1cccc(C(=O)N(Cc2ccccn2)c2nc3ccccc3s2)c1. The van der Waals surface area contributed by atoms with E-state index in [1.165, 1.54) is 11.3 Å². The molecule has 0 saturated heterocycles. The van der Waals surface area contributed by atoms with Gasteiger partial charge in [-0.25, -0.2) is 4.98 Å². The molecule has 6 heteroatoms. The number of para-hydroxylation sites is 1. The molecule has 2 heterocycles. The number of carbonyl (C=O) groups excluding carboxylic acids is 1. The first kappa shape index (κ1) is 17.2. The molecule has 0 aliphatic carbocycles. The fourth-order valence-electron chi connectivity index (χ4n) is 2.77. The highest BCUT2D eigenvalue weighted by Gasteiger charge is 2.22. The van der Waals surface area contributed by atoms with Gasteiger partial charge in [0.25, 0.3) is 5.91 Å². The number of amides is 1. The summed E-state index contributed by atoms with van der Waals surface area (Å²) in [6.07, 6.45) is 1.72. The summed E-state index contributed by atoms with van der Waals surface area (Å²) in [6, 6.07) is 20.7. The van der Waals surface area contributed by atoms with Crippen molar-refractivity contribution in [3.8, 4) is 5.75 Å². The molecule has 0 saturated carbocycles. The minimum absolute atomic E-state index is 0.140. The number of carbonyl (C=O) groups is 1. The average molecular weight is 375 g/mol. The molecule has 0 aliphatic heterocycles. The van der Waals surface area contributed by atoms with Crippen molar-refractivity contribution >= 4 is 32.6 Å². The van der Waals surface area contributed by atoms with Crippen LogP contribution in [0.3, 0.4) is 0 Å². The van der Waals surface area contributed by atoms with E-state index in [4.69, 9.17) is 4.74 Å². The van der Waals surface area contributed by atoms with Gasteiger partial charge < -0.3 is 4.74 Å². The molecule has 27 heavy (non-hydrogen) atoms. The van der Waals surface area contributed by atoms with E-state index < -0.39 is 0 Å². The summed E-state index contributed by atoms with van der Waals surface area (Å²) in [6.45, 7) is 0.344. The second-order valence-corrected chi connectivity index (χ2v) is 6.92. The van der Waals surface area contributed by atoms with Crippen molar-refractivity contribution in [3.63, 3.8) is 0 Å². The summed E-state index contributed by atoms with van der Waals surface area (Å²) >= 11 is 1.49. The lowest BCUT2D eigenvalue weighted by Gasteiger charge is -2.20. The third-order valence-corrected chi connectivity index (χ3v) is 5.18. The Kier molecular flexibility index (Phi) is 4.80. The Bertz CT molecular complexity index is 1050.